The summed E-state index contributed by atoms with van der Waals surface area (Å²) >= 11 is 0. The summed E-state index contributed by atoms with van der Waals surface area (Å²) in [5.74, 6) is 2.58. The van der Waals surface area contributed by atoms with Crippen molar-refractivity contribution < 1.29 is 20.1 Å². The van der Waals surface area contributed by atoms with Crippen LogP contribution in [0, 0.1) is 52.3 Å². The normalized spacial score (nSPS) is 51.5. The maximum Gasteiger partial charge on any atom is 0.303 e. The molecule has 0 aromatic rings. The van der Waals surface area contributed by atoms with Crippen molar-refractivity contribution in [3.8, 4) is 0 Å². The molecule has 3 N–H and O–H groups in total. The van der Waals surface area contributed by atoms with E-state index in [4.69, 9.17) is 5.11 Å². The Balaban J connectivity index is 1.61. The molecule has 4 unspecified atom stereocenters. The summed E-state index contributed by atoms with van der Waals surface area (Å²) in [6.45, 7) is 9.44. The predicted molar refractivity (Wildman–Crippen MR) is 118 cm³/mol. The first-order valence-electron chi connectivity index (χ1n) is 12.7. The van der Waals surface area contributed by atoms with Gasteiger partial charge in [0.25, 0.3) is 0 Å². The molecule has 4 heteroatoms. The zero-order valence-corrected chi connectivity index (χ0v) is 19.5. The summed E-state index contributed by atoms with van der Waals surface area (Å²) in [6.07, 6.45) is 9.27. The molecule has 0 aromatic heterocycles. The van der Waals surface area contributed by atoms with Crippen LogP contribution in [0.25, 0.3) is 0 Å². The topological polar surface area (TPSA) is 77.8 Å². The highest BCUT2D eigenvalue weighted by Gasteiger charge is 2.64. The molecule has 0 amide bonds. The molecule has 30 heavy (non-hydrogen) atoms. The molecule has 0 aromatic carbocycles. The van der Waals surface area contributed by atoms with Gasteiger partial charge in [-0.25, -0.2) is 0 Å². The summed E-state index contributed by atoms with van der Waals surface area (Å²) in [5.41, 5.74) is 0.480. The van der Waals surface area contributed by atoms with Gasteiger partial charge in [0.2, 0.25) is 0 Å². The van der Waals surface area contributed by atoms with Gasteiger partial charge in [-0.3, -0.25) is 4.79 Å². The molecule has 4 aliphatic carbocycles. The molecule has 4 rings (SSSR count). The lowest BCUT2D eigenvalue weighted by Gasteiger charge is -2.64. The number of aliphatic hydroxyl groups excluding tert-OH is 2. The SMILES string of the molecule is CC[C@@H]1C2C[C@H](O)CC[C@@]2(C)[C@H]2CCC3(C)C([C@H](C)CCC(=O)O)CC[C@H]3C2[C@@H]1O. The van der Waals surface area contributed by atoms with Gasteiger partial charge in [-0.15, -0.1) is 0 Å². The molecule has 11 atom stereocenters. The van der Waals surface area contributed by atoms with Gasteiger partial charge in [0.05, 0.1) is 12.2 Å². The first-order valence-corrected chi connectivity index (χ1v) is 12.7. The van der Waals surface area contributed by atoms with Crippen molar-refractivity contribution in [2.24, 2.45) is 52.3 Å². The van der Waals surface area contributed by atoms with Crippen LogP contribution in [0.3, 0.4) is 0 Å². The number of aliphatic hydroxyl groups is 2. The number of rotatable bonds is 5. The summed E-state index contributed by atoms with van der Waals surface area (Å²) in [7, 11) is 0. The lowest BCUT2D eigenvalue weighted by molar-refractivity contribution is -0.203. The summed E-state index contributed by atoms with van der Waals surface area (Å²) in [4.78, 5) is 11.1. The second-order valence-corrected chi connectivity index (χ2v) is 12.0. The number of carboxylic acids is 1. The molecule has 0 aliphatic heterocycles. The Kier molecular flexibility index (Phi) is 6.07. The van der Waals surface area contributed by atoms with Gasteiger partial charge in [-0.05, 0) is 104 Å². The third kappa shape index (κ3) is 3.36. The first kappa shape index (κ1) is 22.6. The maximum absolute atomic E-state index is 11.7. The van der Waals surface area contributed by atoms with Crippen molar-refractivity contribution >= 4 is 5.97 Å². The highest BCUT2D eigenvalue weighted by molar-refractivity contribution is 5.66. The third-order valence-electron chi connectivity index (χ3n) is 11.0. The molecular formula is C26H44O4. The van der Waals surface area contributed by atoms with Crippen molar-refractivity contribution in [3.63, 3.8) is 0 Å². The van der Waals surface area contributed by atoms with Crippen LogP contribution in [0.5, 0.6) is 0 Å². The van der Waals surface area contributed by atoms with Crippen LogP contribution in [0.4, 0.5) is 0 Å². The van der Waals surface area contributed by atoms with Crippen LogP contribution >= 0.6 is 0 Å². The molecule has 0 saturated heterocycles. The van der Waals surface area contributed by atoms with E-state index in [2.05, 4.69) is 27.7 Å². The fourth-order valence-corrected chi connectivity index (χ4v) is 9.48. The minimum absolute atomic E-state index is 0.194. The van der Waals surface area contributed by atoms with Crippen LogP contribution in [0.15, 0.2) is 0 Å². The molecule has 172 valence electrons. The molecule has 4 fully saturated rings. The zero-order valence-electron chi connectivity index (χ0n) is 19.5. The minimum atomic E-state index is -0.683. The monoisotopic (exact) mass is 420 g/mol. The largest absolute Gasteiger partial charge is 0.481 e. The Morgan fingerprint density at radius 2 is 1.67 bits per heavy atom. The number of aliphatic carboxylic acids is 1. The van der Waals surface area contributed by atoms with E-state index in [0.29, 0.717) is 41.4 Å². The van der Waals surface area contributed by atoms with E-state index in [-0.39, 0.29) is 29.5 Å². The van der Waals surface area contributed by atoms with E-state index in [0.717, 1.165) is 32.1 Å². The van der Waals surface area contributed by atoms with Crippen LogP contribution < -0.4 is 0 Å². The van der Waals surface area contributed by atoms with E-state index in [9.17, 15) is 15.0 Å². The first-order chi connectivity index (χ1) is 14.1. The summed E-state index contributed by atoms with van der Waals surface area (Å²) in [5, 5.41) is 31.3. The number of hydrogen-bond donors (Lipinski definition) is 3. The number of carboxylic acid groups (broad SMARTS) is 1. The Labute approximate surface area is 182 Å². The van der Waals surface area contributed by atoms with E-state index in [1.54, 1.807) is 0 Å². The zero-order chi connectivity index (χ0) is 21.8. The van der Waals surface area contributed by atoms with Crippen LogP contribution in [0.1, 0.15) is 91.9 Å². The molecule has 4 aliphatic rings. The molecular weight excluding hydrogens is 376 g/mol. The Morgan fingerprint density at radius 1 is 1.00 bits per heavy atom. The van der Waals surface area contributed by atoms with Crippen molar-refractivity contribution in [3.05, 3.63) is 0 Å². The van der Waals surface area contributed by atoms with Crippen LogP contribution in [-0.4, -0.2) is 33.5 Å². The summed E-state index contributed by atoms with van der Waals surface area (Å²) in [6, 6.07) is 0. The van der Waals surface area contributed by atoms with Gasteiger partial charge in [-0.2, -0.15) is 0 Å². The van der Waals surface area contributed by atoms with Gasteiger partial charge in [0.1, 0.15) is 0 Å². The van der Waals surface area contributed by atoms with Crippen molar-refractivity contribution in [2.45, 2.75) is 104 Å². The van der Waals surface area contributed by atoms with Gasteiger partial charge >= 0.3 is 5.97 Å². The Bertz CT molecular complexity index is 649. The highest BCUT2D eigenvalue weighted by Crippen LogP contribution is 2.69. The lowest BCUT2D eigenvalue weighted by atomic mass is 9.41. The quantitative estimate of drug-likeness (QED) is 0.577. The van der Waals surface area contributed by atoms with Crippen molar-refractivity contribution in [2.75, 3.05) is 0 Å². The average molecular weight is 421 g/mol. The fourth-order valence-electron chi connectivity index (χ4n) is 9.48. The van der Waals surface area contributed by atoms with Gasteiger partial charge in [-0.1, -0.05) is 34.1 Å². The predicted octanol–water partition coefficient (Wildman–Crippen LogP) is 5.11. The Morgan fingerprint density at radius 3 is 2.33 bits per heavy atom. The fraction of sp³-hybridized carbons (Fsp3) is 0.962. The second kappa shape index (κ2) is 8.06. The highest BCUT2D eigenvalue weighted by atomic mass is 16.4. The van der Waals surface area contributed by atoms with Crippen molar-refractivity contribution in [1.29, 1.82) is 0 Å². The standard InChI is InChI=1S/C26H44O4/c1-5-17-21-14-16(27)10-12-26(21,4)20-11-13-25(3)18(15(2)6-9-22(28)29)7-8-19(25)23(20)24(17)30/h15-21,23-24,27,30H,5-14H2,1-4H3,(H,28,29)/t15-,16-,17-,18?,19+,20+,21?,23?,24-,25?,26+/m1/s1. The van der Waals surface area contributed by atoms with E-state index < -0.39 is 5.97 Å². The van der Waals surface area contributed by atoms with E-state index in [1.807, 2.05) is 0 Å². The van der Waals surface area contributed by atoms with E-state index in [1.165, 1.54) is 25.7 Å². The lowest BCUT2D eigenvalue weighted by Crippen LogP contribution is -2.62. The van der Waals surface area contributed by atoms with Crippen LogP contribution in [-0.2, 0) is 4.79 Å². The number of carbonyl (C=O) groups is 1. The van der Waals surface area contributed by atoms with Gasteiger partial charge in [0.15, 0.2) is 0 Å². The second-order valence-electron chi connectivity index (χ2n) is 12.0. The van der Waals surface area contributed by atoms with Gasteiger partial charge < -0.3 is 15.3 Å². The minimum Gasteiger partial charge on any atom is -0.481 e. The van der Waals surface area contributed by atoms with Gasteiger partial charge in [0, 0.05) is 6.42 Å². The van der Waals surface area contributed by atoms with E-state index >= 15 is 0 Å². The third-order valence-corrected chi connectivity index (χ3v) is 11.0. The number of hydrogen-bond acceptors (Lipinski definition) is 3. The summed E-state index contributed by atoms with van der Waals surface area (Å²) < 4.78 is 0. The maximum atomic E-state index is 11.7. The molecule has 0 bridgehead atoms. The molecule has 0 radical (unpaired) electrons. The molecule has 0 spiro atoms. The molecule has 4 nitrogen and oxygen atoms in total. The smallest absolute Gasteiger partial charge is 0.303 e. The van der Waals surface area contributed by atoms with Crippen LogP contribution in [0.2, 0.25) is 0 Å². The Hall–Kier alpha value is -0.610. The average Bonchev–Trinajstić information content (AvgIpc) is 3.05. The molecule has 4 saturated carbocycles. The van der Waals surface area contributed by atoms with Crippen molar-refractivity contribution in [1.82, 2.24) is 0 Å². The number of fused-ring (bicyclic) bond motifs is 5. The molecule has 0 heterocycles.